The van der Waals surface area contributed by atoms with Crippen LogP contribution in [-0.4, -0.2) is 30.9 Å². The molecule has 10 heteroatoms. The minimum Gasteiger partial charge on any atom is -0.455 e. The molecule has 2 nitrogen and oxygen atoms in total. The highest BCUT2D eigenvalue weighted by Crippen LogP contribution is 2.36. The molecule has 0 aliphatic rings. The van der Waals surface area contributed by atoms with Gasteiger partial charge in [-0.25, -0.2) is 4.79 Å². The summed E-state index contributed by atoms with van der Waals surface area (Å²) in [4.78, 5) is 10.4. The summed E-state index contributed by atoms with van der Waals surface area (Å²) < 4.78 is 97.3. The molecule has 0 amide bonds. The zero-order valence-electron chi connectivity index (χ0n) is 7.75. The van der Waals surface area contributed by atoms with E-state index < -0.39 is 36.4 Å². The van der Waals surface area contributed by atoms with Gasteiger partial charge in [0.15, 0.2) is 6.61 Å². The molecule has 0 unspecified atom stereocenters. The molecule has 0 fully saturated rings. The molecule has 0 radical (unpaired) electrons. The molecule has 17 heavy (non-hydrogen) atoms. The van der Waals surface area contributed by atoms with Gasteiger partial charge in [-0.05, 0) is 0 Å². The van der Waals surface area contributed by atoms with Gasteiger partial charge in [0.05, 0.1) is 0 Å². The second-order valence-corrected chi connectivity index (χ2v) is 2.75. The van der Waals surface area contributed by atoms with Gasteiger partial charge < -0.3 is 4.74 Å². The van der Waals surface area contributed by atoms with Crippen molar-refractivity contribution in [3.63, 3.8) is 0 Å². The van der Waals surface area contributed by atoms with Crippen molar-refractivity contribution in [2.24, 2.45) is 0 Å². The van der Waals surface area contributed by atoms with Crippen LogP contribution in [0.25, 0.3) is 0 Å². The lowest BCUT2D eigenvalue weighted by Crippen LogP contribution is -2.41. The van der Waals surface area contributed by atoms with Gasteiger partial charge >= 0.3 is 24.2 Å². The lowest BCUT2D eigenvalue weighted by Gasteiger charge is -2.19. The lowest BCUT2D eigenvalue weighted by atomic mass is 10.3. The molecule has 0 aliphatic carbocycles. The van der Waals surface area contributed by atoms with Gasteiger partial charge in [0.25, 0.3) is 0 Å². The van der Waals surface area contributed by atoms with Crippen molar-refractivity contribution >= 4 is 5.97 Å². The lowest BCUT2D eigenvalue weighted by molar-refractivity contribution is -0.294. The third-order valence-corrected chi connectivity index (χ3v) is 1.39. The van der Waals surface area contributed by atoms with Crippen LogP contribution in [0.5, 0.6) is 0 Å². The summed E-state index contributed by atoms with van der Waals surface area (Å²) >= 11 is 0. The molecule has 0 aromatic rings. The average Bonchev–Trinajstić information content (AvgIpc) is 2.09. The smallest absolute Gasteiger partial charge is 0.455 e. The van der Waals surface area contributed by atoms with Gasteiger partial charge in [0.2, 0.25) is 0 Å². The summed E-state index contributed by atoms with van der Waals surface area (Å²) in [5.74, 6) is -7.81. The maximum Gasteiger partial charge on any atom is 0.456 e. The number of rotatable bonds is 3. The molecule has 0 bridgehead atoms. The summed E-state index contributed by atoms with van der Waals surface area (Å²) in [6, 6.07) is 0. The molecule has 0 N–H and O–H groups in total. The van der Waals surface area contributed by atoms with Crippen molar-refractivity contribution in [2.75, 3.05) is 6.61 Å². The van der Waals surface area contributed by atoms with Crippen molar-refractivity contribution in [1.29, 1.82) is 0 Å². The van der Waals surface area contributed by atoms with Crippen LogP contribution < -0.4 is 0 Å². The topological polar surface area (TPSA) is 26.3 Å². The molecule has 0 aromatic heterocycles. The highest BCUT2D eigenvalue weighted by molar-refractivity contribution is 5.89. The van der Waals surface area contributed by atoms with Crippen molar-refractivity contribution < 1.29 is 44.7 Å². The Hall–Kier alpha value is -1.35. The van der Waals surface area contributed by atoms with Gasteiger partial charge in [-0.2, -0.15) is 35.1 Å². The Bertz CT molecular complexity index is 313. The molecule has 0 aliphatic heterocycles. The van der Waals surface area contributed by atoms with Gasteiger partial charge in [-0.1, -0.05) is 6.58 Å². The molecule has 0 atom stereocenters. The predicted molar refractivity (Wildman–Crippen MR) is 37.2 cm³/mol. The van der Waals surface area contributed by atoms with E-state index in [2.05, 4.69) is 11.3 Å². The number of alkyl halides is 8. The first kappa shape index (κ1) is 15.6. The minimum absolute atomic E-state index is 2.16. The highest BCUT2D eigenvalue weighted by Gasteiger charge is 2.58. The van der Waals surface area contributed by atoms with Crippen LogP contribution in [0.4, 0.5) is 35.1 Å². The summed E-state index contributed by atoms with van der Waals surface area (Å²) in [6.07, 6.45) is -11.3. The third-order valence-electron chi connectivity index (χ3n) is 1.39. The number of carbonyl (C=O) groups is 1. The molecular formula is C7H4F8O2. The predicted octanol–water partition coefficient (Wildman–Crippen LogP) is 2.85. The second-order valence-electron chi connectivity index (χ2n) is 2.75. The van der Waals surface area contributed by atoms with E-state index >= 15 is 0 Å². The number of ether oxygens (including phenoxy) is 1. The average molecular weight is 272 g/mol. The van der Waals surface area contributed by atoms with Crippen LogP contribution >= 0.6 is 0 Å². The normalized spacial score (nSPS) is 13.4. The van der Waals surface area contributed by atoms with Crippen LogP contribution in [-0.2, 0) is 9.53 Å². The molecule has 100 valence electrons. The first-order valence-corrected chi connectivity index (χ1v) is 3.67. The number of hydrogen-bond acceptors (Lipinski definition) is 2. The molecule has 0 aromatic carbocycles. The van der Waals surface area contributed by atoms with E-state index in [1.807, 2.05) is 0 Å². The van der Waals surface area contributed by atoms with E-state index in [1.54, 1.807) is 0 Å². The molecule has 0 heterocycles. The van der Waals surface area contributed by atoms with E-state index in [4.69, 9.17) is 0 Å². The van der Waals surface area contributed by atoms with Crippen molar-refractivity contribution in [3.8, 4) is 0 Å². The van der Waals surface area contributed by atoms with E-state index in [0.29, 0.717) is 0 Å². The first-order chi connectivity index (χ1) is 7.29. The fraction of sp³-hybridized carbons (Fsp3) is 0.571. The first-order valence-electron chi connectivity index (χ1n) is 3.67. The van der Waals surface area contributed by atoms with Gasteiger partial charge in [0.1, 0.15) is 5.57 Å². The zero-order valence-corrected chi connectivity index (χ0v) is 7.75. The molecule has 0 rings (SSSR count). The number of halogens is 8. The fourth-order valence-corrected chi connectivity index (χ4v) is 0.441. The number of esters is 1. The van der Waals surface area contributed by atoms with Crippen LogP contribution in [0.1, 0.15) is 0 Å². The Morgan fingerprint density at radius 2 is 1.41 bits per heavy atom. The van der Waals surface area contributed by atoms with Crippen molar-refractivity contribution in [3.05, 3.63) is 12.2 Å². The number of hydrogen-bond donors (Lipinski definition) is 0. The summed E-state index contributed by atoms with van der Waals surface area (Å²) in [5, 5.41) is 0. The highest BCUT2D eigenvalue weighted by atomic mass is 19.4. The van der Waals surface area contributed by atoms with Crippen molar-refractivity contribution in [2.45, 2.75) is 18.3 Å². The van der Waals surface area contributed by atoms with E-state index in [9.17, 15) is 39.9 Å². The van der Waals surface area contributed by atoms with Crippen molar-refractivity contribution in [1.82, 2.24) is 0 Å². The van der Waals surface area contributed by atoms with Gasteiger partial charge in [-0.3, -0.25) is 0 Å². The Morgan fingerprint density at radius 1 is 1.00 bits per heavy atom. The minimum atomic E-state index is -6.02. The van der Waals surface area contributed by atoms with E-state index in [1.165, 1.54) is 0 Å². The zero-order chi connectivity index (χ0) is 14.1. The summed E-state index contributed by atoms with van der Waals surface area (Å²) in [5.41, 5.74) is -2.17. The Kier molecular flexibility index (Phi) is 4.14. The summed E-state index contributed by atoms with van der Waals surface area (Å²) in [7, 11) is 0. The maximum absolute atomic E-state index is 12.1. The molecule has 0 saturated carbocycles. The molecular weight excluding hydrogens is 268 g/mol. The van der Waals surface area contributed by atoms with E-state index in [0.717, 1.165) is 0 Å². The second kappa shape index (κ2) is 4.49. The quantitative estimate of drug-likeness (QED) is 0.448. The van der Waals surface area contributed by atoms with Crippen LogP contribution in [0.2, 0.25) is 0 Å². The van der Waals surface area contributed by atoms with E-state index in [-0.39, 0.29) is 0 Å². The fourth-order valence-electron chi connectivity index (χ4n) is 0.441. The molecule has 0 saturated heterocycles. The van der Waals surface area contributed by atoms with Gasteiger partial charge in [0, 0.05) is 0 Å². The Morgan fingerprint density at radius 3 is 1.71 bits per heavy atom. The van der Waals surface area contributed by atoms with Crippen LogP contribution in [0.15, 0.2) is 12.2 Å². The molecule has 0 spiro atoms. The largest absolute Gasteiger partial charge is 0.456 e. The third kappa shape index (κ3) is 4.19. The maximum atomic E-state index is 12.1. The van der Waals surface area contributed by atoms with Crippen LogP contribution in [0.3, 0.4) is 0 Å². The van der Waals surface area contributed by atoms with Crippen LogP contribution in [0, 0.1) is 0 Å². The SMILES string of the molecule is C=C(C(=O)OCC(F)(F)C(F)(F)F)C(F)(F)F. The Balaban J connectivity index is 4.52. The monoisotopic (exact) mass is 272 g/mol. The number of carbonyl (C=O) groups excluding carboxylic acids is 1. The van der Waals surface area contributed by atoms with Gasteiger partial charge in [-0.15, -0.1) is 0 Å². The summed E-state index contributed by atoms with van der Waals surface area (Å²) in [6.45, 7) is -0.374. The Labute approximate surface area is 88.8 Å². The standard InChI is InChI=1S/C7H4F8O2/c1-3(6(10,11)12)4(16)17-2-5(8,9)7(13,14)15/h1-2H2.